The first-order valence-electron chi connectivity index (χ1n) is 3.01. The Labute approximate surface area is 57.4 Å². The van der Waals surface area contributed by atoms with Crippen molar-refractivity contribution in [3.8, 4) is 0 Å². The van der Waals surface area contributed by atoms with E-state index in [0.717, 1.165) is 12.5 Å². The molecule has 0 unspecified atom stereocenters. The van der Waals surface area contributed by atoms with E-state index in [-0.39, 0.29) is 6.61 Å². The van der Waals surface area contributed by atoms with Crippen LogP contribution in [-0.4, -0.2) is 35.2 Å². The third kappa shape index (κ3) is 4.59. The molecular weight excluding hydrogens is 136 g/mol. The van der Waals surface area contributed by atoms with Crippen molar-refractivity contribution >= 4 is 9.28 Å². The molecule has 0 aliphatic rings. The Kier molecular flexibility index (Phi) is 6.29. The molecule has 0 aromatic rings. The van der Waals surface area contributed by atoms with E-state index in [1.165, 1.54) is 0 Å². The number of rotatable bonds is 5. The van der Waals surface area contributed by atoms with Gasteiger partial charge in [0.15, 0.2) is 0 Å². The van der Waals surface area contributed by atoms with Crippen molar-refractivity contribution in [2.45, 2.75) is 12.5 Å². The van der Waals surface area contributed by atoms with Gasteiger partial charge in [-0.05, 0) is 12.5 Å². The number of aliphatic hydroxyl groups excluding tert-OH is 1. The lowest BCUT2D eigenvalue weighted by Crippen LogP contribution is -2.18. The molecule has 0 amide bonds. The van der Waals surface area contributed by atoms with Crippen molar-refractivity contribution in [2.75, 3.05) is 20.8 Å². The largest absolute Gasteiger partial charge is 0.400 e. The van der Waals surface area contributed by atoms with E-state index in [2.05, 4.69) is 0 Å². The van der Waals surface area contributed by atoms with Gasteiger partial charge in [0.05, 0.1) is 0 Å². The predicted molar refractivity (Wildman–Crippen MR) is 37.7 cm³/mol. The zero-order valence-corrected chi connectivity index (χ0v) is 7.12. The summed E-state index contributed by atoms with van der Waals surface area (Å²) in [5.74, 6) is 0. The standard InChI is InChI=1S/C5H14O3Si/c1-7-9(8-2)5-3-4-6/h6,9H,3-5H2,1-2H3. The van der Waals surface area contributed by atoms with Crippen LogP contribution in [0, 0.1) is 0 Å². The molecule has 4 heteroatoms. The molecule has 0 heterocycles. The van der Waals surface area contributed by atoms with E-state index in [4.69, 9.17) is 14.0 Å². The highest BCUT2D eigenvalue weighted by molar-refractivity contribution is 6.44. The molecule has 0 aliphatic heterocycles. The maximum atomic E-state index is 8.42. The predicted octanol–water partition coefficient (Wildman–Crippen LogP) is -0.118. The minimum atomic E-state index is -1.37. The first-order chi connectivity index (χ1) is 4.35. The summed E-state index contributed by atoms with van der Waals surface area (Å²) in [6.07, 6.45) is 0.790. The maximum absolute atomic E-state index is 8.42. The van der Waals surface area contributed by atoms with Gasteiger partial charge in [-0.25, -0.2) is 0 Å². The topological polar surface area (TPSA) is 38.7 Å². The van der Waals surface area contributed by atoms with Gasteiger partial charge in [0, 0.05) is 20.8 Å². The molecule has 0 spiro atoms. The van der Waals surface area contributed by atoms with Crippen LogP contribution in [0.25, 0.3) is 0 Å². The monoisotopic (exact) mass is 150 g/mol. The van der Waals surface area contributed by atoms with Crippen LogP contribution >= 0.6 is 0 Å². The molecule has 0 saturated heterocycles. The summed E-state index contributed by atoms with van der Waals surface area (Å²) in [7, 11) is 1.93. The molecule has 0 rings (SSSR count). The van der Waals surface area contributed by atoms with Crippen LogP contribution in [0.15, 0.2) is 0 Å². The minimum Gasteiger partial charge on any atom is -0.400 e. The molecule has 56 valence electrons. The Morgan fingerprint density at radius 1 is 1.33 bits per heavy atom. The lowest BCUT2D eigenvalue weighted by molar-refractivity contribution is 0.260. The van der Waals surface area contributed by atoms with Crippen LogP contribution in [0.3, 0.4) is 0 Å². The average molecular weight is 150 g/mol. The second kappa shape index (κ2) is 6.22. The van der Waals surface area contributed by atoms with Gasteiger partial charge < -0.3 is 14.0 Å². The third-order valence-corrected chi connectivity index (χ3v) is 3.05. The normalized spacial score (nSPS) is 10.7. The molecule has 0 aromatic heterocycles. The zero-order chi connectivity index (χ0) is 7.11. The van der Waals surface area contributed by atoms with Crippen LogP contribution in [-0.2, 0) is 8.85 Å². The number of hydrogen-bond donors (Lipinski definition) is 1. The van der Waals surface area contributed by atoms with Gasteiger partial charge in [-0.2, -0.15) is 0 Å². The van der Waals surface area contributed by atoms with Gasteiger partial charge in [-0.3, -0.25) is 0 Å². The SMILES string of the molecule is CO[SiH](CCCO)OC. The summed E-state index contributed by atoms with van der Waals surface area (Å²) in [4.78, 5) is 0. The highest BCUT2D eigenvalue weighted by Crippen LogP contribution is 1.97. The molecule has 0 bridgehead atoms. The molecular formula is C5H14O3Si. The lowest BCUT2D eigenvalue weighted by atomic mass is 10.5. The van der Waals surface area contributed by atoms with Gasteiger partial charge in [-0.1, -0.05) is 0 Å². The van der Waals surface area contributed by atoms with E-state index >= 15 is 0 Å². The summed E-state index contributed by atoms with van der Waals surface area (Å²) in [6.45, 7) is 0.232. The molecule has 0 saturated carbocycles. The molecule has 0 aliphatic carbocycles. The van der Waals surface area contributed by atoms with Gasteiger partial charge in [0.2, 0.25) is 0 Å². The van der Waals surface area contributed by atoms with E-state index in [9.17, 15) is 0 Å². The van der Waals surface area contributed by atoms with Crippen molar-refractivity contribution in [3.05, 3.63) is 0 Å². The number of aliphatic hydroxyl groups is 1. The molecule has 1 N–H and O–H groups in total. The van der Waals surface area contributed by atoms with E-state index < -0.39 is 9.28 Å². The van der Waals surface area contributed by atoms with Crippen molar-refractivity contribution in [3.63, 3.8) is 0 Å². The first kappa shape index (κ1) is 9.10. The summed E-state index contributed by atoms with van der Waals surface area (Å²) in [6, 6.07) is 0.892. The highest BCUT2D eigenvalue weighted by atomic mass is 28.3. The van der Waals surface area contributed by atoms with Crippen LogP contribution < -0.4 is 0 Å². The van der Waals surface area contributed by atoms with Crippen LogP contribution in [0.5, 0.6) is 0 Å². The van der Waals surface area contributed by atoms with Crippen molar-refractivity contribution in [2.24, 2.45) is 0 Å². The molecule has 0 atom stereocenters. The van der Waals surface area contributed by atoms with Crippen molar-refractivity contribution in [1.82, 2.24) is 0 Å². The summed E-state index contributed by atoms with van der Waals surface area (Å²) < 4.78 is 10.0. The fraction of sp³-hybridized carbons (Fsp3) is 1.00. The Bertz CT molecular complexity index is 56.2. The smallest absolute Gasteiger partial charge is 0.320 e. The van der Waals surface area contributed by atoms with E-state index in [1.54, 1.807) is 14.2 Å². The summed E-state index contributed by atoms with van der Waals surface area (Å²) >= 11 is 0. The van der Waals surface area contributed by atoms with Crippen LogP contribution in [0.4, 0.5) is 0 Å². The Morgan fingerprint density at radius 3 is 2.22 bits per heavy atom. The first-order valence-corrected chi connectivity index (χ1v) is 4.77. The molecule has 0 fully saturated rings. The Balaban J connectivity index is 3.09. The molecule has 0 radical (unpaired) electrons. The molecule has 0 aromatic carbocycles. The average Bonchev–Trinajstić information content (AvgIpc) is 1.91. The van der Waals surface area contributed by atoms with Crippen LogP contribution in [0.1, 0.15) is 6.42 Å². The molecule has 9 heavy (non-hydrogen) atoms. The second-order valence-electron chi connectivity index (χ2n) is 1.77. The Morgan fingerprint density at radius 2 is 1.89 bits per heavy atom. The highest BCUT2D eigenvalue weighted by Gasteiger charge is 2.06. The van der Waals surface area contributed by atoms with Crippen molar-refractivity contribution in [1.29, 1.82) is 0 Å². The summed E-state index contributed by atoms with van der Waals surface area (Å²) in [5, 5.41) is 8.42. The maximum Gasteiger partial charge on any atom is 0.320 e. The third-order valence-electron chi connectivity index (χ3n) is 1.12. The quantitative estimate of drug-likeness (QED) is 0.555. The minimum absolute atomic E-state index is 0.232. The van der Waals surface area contributed by atoms with Gasteiger partial charge in [-0.15, -0.1) is 0 Å². The summed E-state index contributed by atoms with van der Waals surface area (Å²) in [5.41, 5.74) is 0. The van der Waals surface area contributed by atoms with Gasteiger partial charge in [0.25, 0.3) is 0 Å². The number of hydrogen-bond acceptors (Lipinski definition) is 3. The van der Waals surface area contributed by atoms with Crippen LogP contribution in [0.2, 0.25) is 6.04 Å². The lowest BCUT2D eigenvalue weighted by Gasteiger charge is -2.08. The Hall–Kier alpha value is 0.0969. The van der Waals surface area contributed by atoms with Gasteiger partial charge >= 0.3 is 9.28 Å². The zero-order valence-electron chi connectivity index (χ0n) is 5.96. The second-order valence-corrected chi connectivity index (χ2v) is 4.15. The van der Waals surface area contributed by atoms with E-state index in [1.807, 2.05) is 0 Å². The van der Waals surface area contributed by atoms with Crippen molar-refractivity contribution < 1.29 is 14.0 Å². The fourth-order valence-electron chi connectivity index (χ4n) is 0.590. The van der Waals surface area contributed by atoms with E-state index in [0.29, 0.717) is 0 Å². The molecule has 3 nitrogen and oxygen atoms in total. The van der Waals surface area contributed by atoms with Gasteiger partial charge in [0.1, 0.15) is 0 Å². The fourth-order valence-corrected chi connectivity index (χ4v) is 1.77.